The third kappa shape index (κ3) is 3.61. The van der Waals surface area contributed by atoms with Crippen molar-refractivity contribution in [3.05, 3.63) is 57.1 Å². The van der Waals surface area contributed by atoms with E-state index in [4.69, 9.17) is 16.3 Å². The van der Waals surface area contributed by atoms with E-state index in [0.717, 1.165) is 5.56 Å². The van der Waals surface area contributed by atoms with Crippen molar-refractivity contribution in [3.8, 4) is 5.88 Å². The molecule has 110 valence electrons. The molecule has 0 aliphatic heterocycles. The van der Waals surface area contributed by atoms with E-state index in [1.165, 1.54) is 19.2 Å². The first-order valence-corrected chi connectivity index (χ1v) is 6.60. The lowest BCUT2D eigenvalue weighted by molar-refractivity contribution is -0.384. The summed E-state index contributed by atoms with van der Waals surface area (Å²) >= 11 is 5.84. The summed E-state index contributed by atoms with van der Waals surface area (Å²) in [6, 6.07) is 9.89. The average molecular weight is 308 g/mol. The van der Waals surface area contributed by atoms with Crippen molar-refractivity contribution in [3.63, 3.8) is 0 Å². The van der Waals surface area contributed by atoms with Gasteiger partial charge in [-0.25, -0.2) is 0 Å². The monoisotopic (exact) mass is 307 g/mol. The molecule has 0 bridgehead atoms. The Morgan fingerprint density at radius 2 is 1.95 bits per heavy atom. The zero-order chi connectivity index (χ0) is 15.4. The van der Waals surface area contributed by atoms with Gasteiger partial charge in [-0.2, -0.15) is 4.98 Å². The number of pyridine rings is 1. The highest BCUT2D eigenvalue weighted by atomic mass is 35.5. The molecule has 2 aromatic rings. The Hall–Kier alpha value is -2.34. The zero-order valence-corrected chi connectivity index (χ0v) is 12.3. The molecule has 1 aromatic carbocycles. The van der Waals surface area contributed by atoms with Crippen molar-refractivity contribution in [2.45, 2.75) is 13.0 Å². The maximum absolute atomic E-state index is 11.1. The standard InChI is InChI=1S/C14H14ClN3O3/c1-9(10-3-5-11(15)6-4-10)16-14-12(18(19)20)7-8-13(17-14)21-2/h3-9H,1-2H3,(H,16,17). The van der Waals surface area contributed by atoms with Gasteiger partial charge in [-0.1, -0.05) is 23.7 Å². The number of anilines is 1. The molecular weight excluding hydrogens is 294 g/mol. The summed E-state index contributed by atoms with van der Waals surface area (Å²) in [5.74, 6) is 0.480. The summed E-state index contributed by atoms with van der Waals surface area (Å²) in [5.41, 5.74) is 0.843. The molecule has 0 aliphatic carbocycles. The number of aromatic nitrogens is 1. The fraction of sp³-hybridized carbons (Fsp3) is 0.214. The molecule has 1 heterocycles. The summed E-state index contributed by atoms with van der Waals surface area (Å²) in [6.45, 7) is 1.88. The molecule has 1 N–H and O–H groups in total. The molecule has 0 aliphatic rings. The summed E-state index contributed by atoms with van der Waals surface area (Å²) in [7, 11) is 1.46. The molecule has 1 unspecified atom stereocenters. The maximum Gasteiger partial charge on any atom is 0.311 e. The van der Waals surface area contributed by atoms with E-state index < -0.39 is 4.92 Å². The summed E-state index contributed by atoms with van der Waals surface area (Å²) in [5, 5.41) is 14.7. The smallest absolute Gasteiger partial charge is 0.311 e. The van der Waals surface area contributed by atoms with Gasteiger partial charge >= 0.3 is 5.69 Å². The first-order chi connectivity index (χ1) is 10.0. The van der Waals surface area contributed by atoms with Crippen molar-refractivity contribution >= 4 is 23.1 Å². The van der Waals surface area contributed by atoms with Gasteiger partial charge in [0.1, 0.15) is 0 Å². The molecule has 1 atom stereocenters. The molecular formula is C14H14ClN3O3. The lowest BCUT2D eigenvalue weighted by atomic mass is 10.1. The number of nitrogens with one attached hydrogen (secondary N) is 1. The third-order valence-electron chi connectivity index (χ3n) is 2.98. The molecule has 7 heteroatoms. The van der Waals surface area contributed by atoms with Gasteiger partial charge in [0.15, 0.2) is 0 Å². The van der Waals surface area contributed by atoms with Gasteiger partial charge in [0.2, 0.25) is 11.7 Å². The molecule has 0 saturated carbocycles. The van der Waals surface area contributed by atoms with E-state index in [1.807, 2.05) is 19.1 Å². The Morgan fingerprint density at radius 1 is 1.29 bits per heavy atom. The highest BCUT2D eigenvalue weighted by Crippen LogP contribution is 2.28. The van der Waals surface area contributed by atoms with E-state index in [0.29, 0.717) is 10.9 Å². The van der Waals surface area contributed by atoms with Crippen LogP contribution < -0.4 is 10.1 Å². The number of benzene rings is 1. The van der Waals surface area contributed by atoms with Crippen molar-refractivity contribution < 1.29 is 9.66 Å². The lowest BCUT2D eigenvalue weighted by Gasteiger charge is -2.15. The quantitative estimate of drug-likeness (QED) is 0.671. The van der Waals surface area contributed by atoms with Crippen LogP contribution in [0.25, 0.3) is 0 Å². The van der Waals surface area contributed by atoms with E-state index in [2.05, 4.69) is 10.3 Å². The third-order valence-corrected chi connectivity index (χ3v) is 3.23. The van der Waals surface area contributed by atoms with Gasteiger partial charge in [-0.05, 0) is 24.6 Å². The summed E-state index contributed by atoms with van der Waals surface area (Å²) in [6.07, 6.45) is 0. The highest BCUT2D eigenvalue weighted by Gasteiger charge is 2.18. The predicted molar refractivity (Wildman–Crippen MR) is 80.9 cm³/mol. The van der Waals surface area contributed by atoms with Crippen molar-refractivity contribution in [2.24, 2.45) is 0 Å². The van der Waals surface area contributed by atoms with E-state index in [-0.39, 0.29) is 17.5 Å². The number of ether oxygens (including phenoxy) is 1. The zero-order valence-electron chi connectivity index (χ0n) is 11.5. The number of methoxy groups -OCH3 is 1. The normalized spacial score (nSPS) is 11.8. The Labute approximate surface area is 126 Å². The van der Waals surface area contributed by atoms with Gasteiger partial charge < -0.3 is 10.1 Å². The minimum Gasteiger partial charge on any atom is -0.481 e. The molecule has 2 rings (SSSR count). The first-order valence-electron chi connectivity index (χ1n) is 6.22. The molecule has 21 heavy (non-hydrogen) atoms. The number of nitro groups is 1. The summed E-state index contributed by atoms with van der Waals surface area (Å²) < 4.78 is 5.00. The van der Waals surface area contributed by atoms with Crippen LogP contribution in [0.2, 0.25) is 5.02 Å². The highest BCUT2D eigenvalue weighted by molar-refractivity contribution is 6.30. The fourth-order valence-corrected chi connectivity index (χ4v) is 1.97. The van der Waals surface area contributed by atoms with Gasteiger partial charge in [0.05, 0.1) is 18.1 Å². The van der Waals surface area contributed by atoms with Crippen LogP contribution in [0.1, 0.15) is 18.5 Å². The lowest BCUT2D eigenvalue weighted by Crippen LogP contribution is -2.10. The maximum atomic E-state index is 11.1. The van der Waals surface area contributed by atoms with Crippen LogP contribution in [-0.4, -0.2) is 17.0 Å². The Balaban J connectivity index is 2.28. The topological polar surface area (TPSA) is 77.3 Å². The van der Waals surface area contributed by atoms with Crippen molar-refractivity contribution in [2.75, 3.05) is 12.4 Å². The van der Waals surface area contributed by atoms with E-state index >= 15 is 0 Å². The molecule has 0 amide bonds. The Morgan fingerprint density at radius 3 is 2.52 bits per heavy atom. The molecule has 1 aromatic heterocycles. The van der Waals surface area contributed by atoms with Gasteiger partial charge in [-0.15, -0.1) is 0 Å². The number of nitrogens with zero attached hydrogens (tertiary/aromatic N) is 2. The van der Waals surface area contributed by atoms with Crippen LogP contribution in [0.4, 0.5) is 11.5 Å². The van der Waals surface area contributed by atoms with Crippen LogP contribution in [0, 0.1) is 10.1 Å². The number of halogens is 1. The second kappa shape index (κ2) is 6.41. The molecule has 6 nitrogen and oxygen atoms in total. The summed E-state index contributed by atoms with van der Waals surface area (Å²) in [4.78, 5) is 14.7. The average Bonchev–Trinajstić information content (AvgIpc) is 2.47. The minimum atomic E-state index is -0.483. The molecule has 0 saturated heterocycles. The Kier molecular flexibility index (Phi) is 4.59. The number of hydrogen-bond donors (Lipinski definition) is 1. The van der Waals surface area contributed by atoms with Crippen LogP contribution in [0.3, 0.4) is 0 Å². The van der Waals surface area contributed by atoms with Crippen LogP contribution in [-0.2, 0) is 0 Å². The first kappa shape index (κ1) is 15.1. The minimum absolute atomic E-state index is 0.100. The SMILES string of the molecule is COc1ccc([N+](=O)[O-])c(NC(C)c2ccc(Cl)cc2)n1. The predicted octanol–water partition coefficient (Wildman–Crippen LogP) is 3.82. The number of rotatable bonds is 5. The van der Waals surface area contributed by atoms with E-state index in [9.17, 15) is 10.1 Å². The second-order valence-electron chi connectivity index (χ2n) is 4.40. The fourth-order valence-electron chi connectivity index (χ4n) is 1.84. The molecule has 0 spiro atoms. The van der Waals surface area contributed by atoms with Crippen LogP contribution >= 0.6 is 11.6 Å². The molecule has 0 fully saturated rings. The van der Waals surface area contributed by atoms with Crippen LogP contribution in [0.15, 0.2) is 36.4 Å². The Bertz CT molecular complexity index is 646. The van der Waals surface area contributed by atoms with Crippen LogP contribution in [0.5, 0.6) is 5.88 Å². The van der Waals surface area contributed by atoms with Gasteiger partial charge in [-0.3, -0.25) is 10.1 Å². The largest absolute Gasteiger partial charge is 0.481 e. The second-order valence-corrected chi connectivity index (χ2v) is 4.83. The van der Waals surface area contributed by atoms with Gasteiger partial charge in [0, 0.05) is 17.2 Å². The van der Waals surface area contributed by atoms with Crippen molar-refractivity contribution in [1.82, 2.24) is 4.98 Å². The molecule has 0 radical (unpaired) electrons. The number of hydrogen-bond acceptors (Lipinski definition) is 5. The van der Waals surface area contributed by atoms with E-state index in [1.54, 1.807) is 12.1 Å². The van der Waals surface area contributed by atoms with Crippen molar-refractivity contribution in [1.29, 1.82) is 0 Å². The van der Waals surface area contributed by atoms with Gasteiger partial charge in [0.25, 0.3) is 0 Å².